The van der Waals surface area contributed by atoms with Gasteiger partial charge in [0.1, 0.15) is 24.7 Å². The fraction of sp³-hybridized carbons (Fsp3) is 0.321. The van der Waals surface area contributed by atoms with E-state index in [2.05, 4.69) is 29.3 Å². The molecule has 3 rings (SSSR count). The summed E-state index contributed by atoms with van der Waals surface area (Å²) in [7, 11) is 0. The molecular weight excluding hydrogens is 488 g/mol. The van der Waals surface area contributed by atoms with Gasteiger partial charge in [0.25, 0.3) is 11.8 Å². The molecule has 3 N–H and O–H groups in total. The number of ether oxygens (including phenoxy) is 3. The Balaban J connectivity index is 1.64. The van der Waals surface area contributed by atoms with Gasteiger partial charge in [0, 0.05) is 30.4 Å². The number of hydrogen-bond acceptors (Lipinski definition) is 6. The van der Waals surface area contributed by atoms with Crippen LogP contribution in [0.3, 0.4) is 0 Å². The number of amides is 4. The normalized spacial score (nSPS) is 12.9. The molecule has 202 valence electrons. The quantitative estimate of drug-likeness (QED) is 0.322. The van der Waals surface area contributed by atoms with Crippen LogP contribution in [-0.2, 0) is 4.74 Å². The number of hydrogen-bond donors (Lipinski definition) is 3. The van der Waals surface area contributed by atoms with Gasteiger partial charge in [-0.25, -0.2) is 10.2 Å². The van der Waals surface area contributed by atoms with Gasteiger partial charge in [-0.15, -0.1) is 0 Å². The minimum absolute atomic E-state index is 0.0594. The number of morpholine rings is 1. The molecule has 0 bridgehead atoms. The van der Waals surface area contributed by atoms with Gasteiger partial charge < -0.3 is 24.4 Å². The number of carbonyl (C=O) groups excluding carboxylic acids is 3. The van der Waals surface area contributed by atoms with Gasteiger partial charge in [0.05, 0.1) is 18.8 Å². The molecule has 0 spiro atoms. The first kappa shape index (κ1) is 28.3. The van der Waals surface area contributed by atoms with E-state index in [0.29, 0.717) is 49.9 Å². The summed E-state index contributed by atoms with van der Waals surface area (Å²) in [5.74, 6) is 0.269. The highest BCUT2D eigenvalue weighted by Gasteiger charge is 2.21. The predicted octanol–water partition coefficient (Wildman–Crippen LogP) is 3.88. The number of benzene rings is 2. The van der Waals surface area contributed by atoms with Gasteiger partial charge in [0.2, 0.25) is 0 Å². The number of nitrogens with zero attached hydrogens (tertiary/aromatic N) is 1. The molecule has 2 aromatic carbocycles. The second-order valence-corrected chi connectivity index (χ2v) is 8.76. The molecule has 1 fully saturated rings. The largest absolute Gasteiger partial charge is 0.489 e. The van der Waals surface area contributed by atoms with Crippen LogP contribution >= 0.6 is 0 Å². The average molecular weight is 523 g/mol. The SMILES string of the molecule is C=CCOc1cc(OCC=C)c(C(C)C)cc1C(=O)NNC(=O)Nc1ccc(C(=O)N2CCOCC2)cc1. The molecule has 1 aliphatic rings. The van der Waals surface area contributed by atoms with Crippen LogP contribution < -0.4 is 25.6 Å². The van der Waals surface area contributed by atoms with Gasteiger partial charge in [-0.3, -0.25) is 15.0 Å². The van der Waals surface area contributed by atoms with Crippen molar-refractivity contribution in [1.82, 2.24) is 15.8 Å². The summed E-state index contributed by atoms with van der Waals surface area (Å²) in [6.45, 7) is 13.9. The molecule has 0 aromatic heterocycles. The van der Waals surface area contributed by atoms with Crippen LogP contribution in [-0.4, -0.2) is 62.3 Å². The zero-order valence-electron chi connectivity index (χ0n) is 21.7. The molecule has 0 saturated carbocycles. The Labute approximate surface area is 222 Å². The van der Waals surface area contributed by atoms with Gasteiger partial charge in [-0.1, -0.05) is 39.2 Å². The van der Waals surface area contributed by atoms with Gasteiger partial charge in [0.15, 0.2) is 0 Å². The highest BCUT2D eigenvalue weighted by molar-refractivity contribution is 6.00. The van der Waals surface area contributed by atoms with Crippen LogP contribution in [0.25, 0.3) is 0 Å². The molecule has 1 saturated heterocycles. The molecule has 1 aliphatic heterocycles. The third kappa shape index (κ3) is 7.59. The van der Waals surface area contributed by atoms with Crippen molar-refractivity contribution in [3.05, 3.63) is 78.4 Å². The molecule has 0 atom stereocenters. The van der Waals surface area contributed by atoms with E-state index in [1.807, 2.05) is 13.8 Å². The Hall–Kier alpha value is -4.31. The van der Waals surface area contributed by atoms with Crippen LogP contribution in [0.1, 0.15) is 46.0 Å². The Kier molecular flexibility index (Phi) is 10.3. The fourth-order valence-corrected chi connectivity index (χ4v) is 3.74. The van der Waals surface area contributed by atoms with Gasteiger partial charge in [-0.2, -0.15) is 0 Å². The zero-order chi connectivity index (χ0) is 27.5. The van der Waals surface area contributed by atoms with Crippen molar-refractivity contribution < 1.29 is 28.6 Å². The van der Waals surface area contributed by atoms with E-state index in [0.717, 1.165) is 5.56 Å². The summed E-state index contributed by atoms with van der Waals surface area (Å²) in [6, 6.07) is 9.18. The minimum atomic E-state index is -0.658. The molecule has 1 heterocycles. The number of anilines is 1. The molecule has 10 nitrogen and oxygen atoms in total. The van der Waals surface area contributed by atoms with Crippen LogP contribution in [0.2, 0.25) is 0 Å². The lowest BCUT2D eigenvalue weighted by Gasteiger charge is -2.26. The Morgan fingerprint density at radius 3 is 2.21 bits per heavy atom. The first-order valence-electron chi connectivity index (χ1n) is 12.3. The first-order chi connectivity index (χ1) is 18.3. The van der Waals surface area contributed by atoms with Gasteiger partial charge >= 0.3 is 6.03 Å². The highest BCUT2D eigenvalue weighted by atomic mass is 16.5. The zero-order valence-corrected chi connectivity index (χ0v) is 21.7. The second-order valence-electron chi connectivity index (χ2n) is 8.76. The average Bonchev–Trinajstić information content (AvgIpc) is 2.93. The van der Waals surface area contributed by atoms with Crippen molar-refractivity contribution in [2.45, 2.75) is 19.8 Å². The molecule has 0 radical (unpaired) electrons. The minimum Gasteiger partial charge on any atom is -0.489 e. The Morgan fingerprint density at radius 1 is 0.974 bits per heavy atom. The van der Waals surface area contributed by atoms with Gasteiger partial charge in [-0.05, 0) is 41.8 Å². The van der Waals surface area contributed by atoms with Crippen molar-refractivity contribution in [3.8, 4) is 11.5 Å². The maximum absolute atomic E-state index is 13.0. The van der Waals surface area contributed by atoms with Crippen LogP contribution in [0.4, 0.5) is 10.5 Å². The summed E-state index contributed by atoms with van der Waals surface area (Å²) in [5.41, 5.74) is 6.74. The number of urea groups is 1. The van der Waals surface area contributed by atoms with Crippen molar-refractivity contribution in [3.63, 3.8) is 0 Å². The van der Waals surface area contributed by atoms with Crippen molar-refractivity contribution in [2.75, 3.05) is 44.8 Å². The van der Waals surface area contributed by atoms with E-state index in [9.17, 15) is 14.4 Å². The molecule has 0 unspecified atom stereocenters. The first-order valence-corrected chi connectivity index (χ1v) is 12.3. The summed E-state index contributed by atoms with van der Waals surface area (Å²) >= 11 is 0. The maximum Gasteiger partial charge on any atom is 0.337 e. The van der Waals surface area contributed by atoms with E-state index in [1.165, 1.54) is 0 Å². The summed E-state index contributed by atoms with van der Waals surface area (Å²) < 4.78 is 16.7. The standard InChI is InChI=1S/C28H34N4O6/c1-5-13-37-24-18-25(38-14-6-2)23(17-22(24)19(3)4)26(33)30-31-28(35)29-21-9-7-20(8-10-21)27(34)32-11-15-36-16-12-32/h5-10,17-19H,1-2,11-16H2,3-4H3,(H,30,33)(H2,29,31,35). The molecule has 38 heavy (non-hydrogen) atoms. The lowest BCUT2D eigenvalue weighted by molar-refractivity contribution is 0.0303. The molecule has 0 aliphatic carbocycles. The van der Waals surface area contributed by atoms with E-state index in [1.54, 1.807) is 53.5 Å². The van der Waals surface area contributed by atoms with Crippen LogP contribution in [0.5, 0.6) is 11.5 Å². The highest BCUT2D eigenvalue weighted by Crippen LogP contribution is 2.34. The smallest absolute Gasteiger partial charge is 0.337 e. The van der Waals surface area contributed by atoms with E-state index >= 15 is 0 Å². The number of hydrazine groups is 1. The number of rotatable bonds is 10. The van der Waals surface area contributed by atoms with Crippen molar-refractivity contribution in [2.24, 2.45) is 0 Å². The number of carbonyl (C=O) groups is 3. The van der Waals surface area contributed by atoms with Crippen molar-refractivity contribution in [1.29, 1.82) is 0 Å². The third-order valence-electron chi connectivity index (χ3n) is 5.67. The second kappa shape index (κ2) is 13.8. The van der Waals surface area contributed by atoms with E-state index < -0.39 is 11.9 Å². The molecule has 4 amide bonds. The summed E-state index contributed by atoms with van der Waals surface area (Å²) in [5, 5.41) is 2.62. The summed E-state index contributed by atoms with van der Waals surface area (Å²) in [4.78, 5) is 39.7. The maximum atomic E-state index is 13.0. The molecular formula is C28H34N4O6. The summed E-state index contributed by atoms with van der Waals surface area (Å²) in [6.07, 6.45) is 3.20. The molecule has 2 aromatic rings. The van der Waals surface area contributed by atoms with Crippen molar-refractivity contribution >= 4 is 23.5 Å². The third-order valence-corrected chi connectivity index (χ3v) is 5.67. The van der Waals surface area contributed by atoms with Crippen LogP contribution in [0.15, 0.2) is 61.7 Å². The Bertz CT molecular complexity index is 1160. The topological polar surface area (TPSA) is 118 Å². The Morgan fingerprint density at radius 2 is 1.61 bits per heavy atom. The monoisotopic (exact) mass is 522 g/mol. The predicted molar refractivity (Wildman–Crippen MR) is 145 cm³/mol. The lowest BCUT2D eigenvalue weighted by atomic mass is 9.98. The number of nitrogens with one attached hydrogen (secondary N) is 3. The fourth-order valence-electron chi connectivity index (χ4n) is 3.74. The van der Waals surface area contributed by atoms with E-state index in [4.69, 9.17) is 14.2 Å². The molecule has 10 heteroatoms. The van der Waals surface area contributed by atoms with Crippen LogP contribution in [0, 0.1) is 0 Å². The lowest BCUT2D eigenvalue weighted by Crippen LogP contribution is -2.44. The van der Waals surface area contributed by atoms with E-state index in [-0.39, 0.29) is 29.7 Å².